The predicted molar refractivity (Wildman–Crippen MR) is 169 cm³/mol. The SMILES string of the molecule is O=C(COc1ccccc1[C@H]1c2sc(=O)[nH]c2SC2C3CC(C4C(=O)N(c5ccccc5C(F)(F)F)C(=O)C34)C21)Nc1ccc(F)cc1. The van der Waals surface area contributed by atoms with E-state index in [1.54, 1.807) is 12.1 Å². The first-order chi connectivity index (χ1) is 23.0. The smallest absolute Gasteiger partial charge is 0.418 e. The number of aromatic amines is 1. The summed E-state index contributed by atoms with van der Waals surface area (Å²) in [5.74, 6) is -4.69. The summed E-state index contributed by atoms with van der Waals surface area (Å²) in [6, 6.07) is 17.0. The summed E-state index contributed by atoms with van der Waals surface area (Å²) in [7, 11) is 0. The molecule has 246 valence electrons. The van der Waals surface area contributed by atoms with Gasteiger partial charge in [-0.05, 0) is 66.6 Å². The number of amides is 3. The minimum absolute atomic E-state index is 0.205. The molecule has 4 aromatic rings. The first kappa shape index (κ1) is 30.9. The number of thiazole rings is 1. The third kappa shape index (κ3) is 4.87. The topological polar surface area (TPSA) is 109 Å². The molecule has 2 N–H and O–H groups in total. The molecule has 1 saturated heterocycles. The molecule has 3 aromatic carbocycles. The molecule has 4 aliphatic rings. The lowest BCUT2D eigenvalue weighted by Gasteiger charge is -2.43. The minimum Gasteiger partial charge on any atom is -0.483 e. The van der Waals surface area contributed by atoms with E-state index in [1.807, 2.05) is 12.1 Å². The van der Waals surface area contributed by atoms with Gasteiger partial charge >= 0.3 is 11.0 Å². The van der Waals surface area contributed by atoms with Gasteiger partial charge in [0.25, 0.3) is 5.91 Å². The summed E-state index contributed by atoms with van der Waals surface area (Å²) < 4.78 is 61.3. The highest BCUT2D eigenvalue weighted by atomic mass is 32.2. The number of carbonyl (C=O) groups excluding carboxylic acids is 3. The number of thioether (sulfide) groups is 1. The third-order valence-electron chi connectivity index (χ3n) is 9.92. The van der Waals surface area contributed by atoms with Crippen molar-refractivity contribution in [1.29, 1.82) is 0 Å². The van der Waals surface area contributed by atoms with Gasteiger partial charge in [-0.1, -0.05) is 41.7 Å². The lowest BCUT2D eigenvalue weighted by Crippen LogP contribution is -2.42. The normalized spacial score (nSPS) is 27.1. The number of alkyl halides is 3. The molecule has 2 saturated carbocycles. The highest BCUT2D eigenvalue weighted by molar-refractivity contribution is 8.00. The summed E-state index contributed by atoms with van der Waals surface area (Å²) in [4.78, 5) is 57.5. The highest BCUT2D eigenvalue weighted by Crippen LogP contribution is 2.69. The van der Waals surface area contributed by atoms with Crippen LogP contribution in [0.3, 0.4) is 0 Å². The average Bonchev–Trinajstić information content (AvgIpc) is 3.79. The standard InChI is InChI=1S/C34H25F4N3O5S2/c35-15-9-11-16(12-10-15)39-23(42)14-46-22-8-4-1-5-17(22)24-25-18-13-19(28(25)47-30-29(24)48-33(45)40-30)27-26(18)31(43)41(32(27)44)21-7-3-2-6-20(21)34(36,37)38/h1-12,18-19,24-28H,13-14H2,(H,39,42)(H,40,45)/t18?,19?,24-,25?,26?,27?,28?/m1/s1. The summed E-state index contributed by atoms with van der Waals surface area (Å²) in [5.41, 5.74) is -0.412. The van der Waals surface area contributed by atoms with E-state index in [1.165, 1.54) is 48.2 Å². The Morgan fingerprint density at radius 1 is 0.938 bits per heavy atom. The van der Waals surface area contributed by atoms with Crippen molar-refractivity contribution in [1.82, 2.24) is 4.98 Å². The van der Waals surface area contributed by atoms with Crippen LogP contribution in [0.1, 0.15) is 28.3 Å². The van der Waals surface area contributed by atoms with Crippen LogP contribution in [-0.2, 0) is 20.6 Å². The van der Waals surface area contributed by atoms with Gasteiger partial charge in [0, 0.05) is 27.3 Å². The van der Waals surface area contributed by atoms with Crippen molar-refractivity contribution in [3.05, 3.63) is 104 Å². The number of fused-ring (bicyclic) bond motifs is 9. The Labute approximate surface area is 278 Å². The molecule has 7 atom stereocenters. The van der Waals surface area contributed by atoms with Crippen LogP contribution in [0, 0.1) is 35.4 Å². The molecule has 3 amide bonds. The molecule has 0 radical (unpaired) electrons. The second kappa shape index (κ2) is 11.3. The number of halogens is 4. The zero-order valence-electron chi connectivity index (χ0n) is 24.7. The molecule has 3 fully saturated rings. The summed E-state index contributed by atoms with van der Waals surface area (Å²) in [5, 5.41) is 3.11. The zero-order valence-corrected chi connectivity index (χ0v) is 26.3. The van der Waals surface area contributed by atoms with E-state index in [2.05, 4.69) is 10.3 Å². The second-order valence-electron chi connectivity index (χ2n) is 12.4. The molecule has 14 heteroatoms. The van der Waals surface area contributed by atoms with E-state index in [0.717, 1.165) is 33.2 Å². The molecule has 0 spiro atoms. The van der Waals surface area contributed by atoms with Gasteiger partial charge in [0.05, 0.1) is 28.1 Å². The maximum atomic E-state index is 14.0. The number of rotatable bonds is 6. The molecule has 1 aromatic heterocycles. The van der Waals surface area contributed by atoms with Crippen LogP contribution in [0.2, 0.25) is 0 Å². The number of H-pyrrole nitrogens is 1. The zero-order chi connectivity index (χ0) is 33.5. The van der Waals surface area contributed by atoms with Gasteiger partial charge in [-0.25, -0.2) is 9.29 Å². The number of benzene rings is 3. The summed E-state index contributed by atoms with van der Waals surface area (Å²) in [6.45, 7) is -0.364. The average molecular weight is 696 g/mol. The van der Waals surface area contributed by atoms with Crippen molar-refractivity contribution >= 4 is 52.2 Å². The maximum Gasteiger partial charge on any atom is 0.418 e. The van der Waals surface area contributed by atoms with Crippen LogP contribution in [0.15, 0.2) is 82.6 Å². The van der Waals surface area contributed by atoms with Crippen molar-refractivity contribution < 1.29 is 36.7 Å². The predicted octanol–water partition coefficient (Wildman–Crippen LogP) is 6.29. The van der Waals surface area contributed by atoms with Crippen LogP contribution in [0.4, 0.5) is 28.9 Å². The molecule has 8 nitrogen and oxygen atoms in total. The van der Waals surface area contributed by atoms with Crippen molar-refractivity contribution in [2.45, 2.75) is 28.8 Å². The minimum atomic E-state index is -4.76. The lowest BCUT2D eigenvalue weighted by molar-refractivity contribution is -0.137. The van der Waals surface area contributed by atoms with Crippen LogP contribution < -0.4 is 19.8 Å². The highest BCUT2D eigenvalue weighted by Gasteiger charge is 2.70. The Kier molecular flexibility index (Phi) is 7.29. The van der Waals surface area contributed by atoms with Crippen molar-refractivity contribution in [2.75, 3.05) is 16.8 Å². The number of nitrogens with zero attached hydrogens (tertiary/aromatic N) is 1. The Balaban J connectivity index is 1.13. The van der Waals surface area contributed by atoms with Crippen LogP contribution in [0.5, 0.6) is 5.75 Å². The van der Waals surface area contributed by atoms with E-state index in [4.69, 9.17) is 4.74 Å². The van der Waals surface area contributed by atoms with E-state index < -0.39 is 58.7 Å². The molecule has 3 heterocycles. The molecule has 8 rings (SSSR count). The number of aromatic nitrogens is 1. The monoisotopic (exact) mass is 695 g/mol. The molecule has 2 aliphatic heterocycles. The number of ether oxygens (including phenoxy) is 1. The van der Waals surface area contributed by atoms with Gasteiger partial charge in [-0.3, -0.25) is 19.2 Å². The van der Waals surface area contributed by atoms with E-state index in [0.29, 0.717) is 28.4 Å². The fourth-order valence-corrected chi connectivity index (χ4v) is 11.1. The largest absolute Gasteiger partial charge is 0.483 e. The summed E-state index contributed by atoms with van der Waals surface area (Å²) in [6.07, 6.45) is -4.22. The van der Waals surface area contributed by atoms with Gasteiger partial charge in [0.1, 0.15) is 11.6 Å². The number of carbonyl (C=O) groups is 3. The van der Waals surface area contributed by atoms with Crippen LogP contribution in [-0.4, -0.2) is 34.6 Å². The quantitative estimate of drug-likeness (QED) is 0.181. The summed E-state index contributed by atoms with van der Waals surface area (Å²) >= 11 is 2.50. The van der Waals surface area contributed by atoms with Crippen molar-refractivity contribution in [2.24, 2.45) is 29.6 Å². The maximum absolute atomic E-state index is 14.0. The molecule has 2 aliphatic carbocycles. The number of imide groups is 1. The number of hydrogen-bond acceptors (Lipinski definition) is 7. The molecule has 2 bridgehead atoms. The Hall–Kier alpha value is -4.43. The molecule has 48 heavy (non-hydrogen) atoms. The van der Waals surface area contributed by atoms with E-state index in [-0.39, 0.29) is 34.5 Å². The fourth-order valence-electron chi connectivity index (χ4n) is 8.25. The van der Waals surface area contributed by atoms with Crippen LogP contribution in [0.25, 0.3) is 0 Å². The van der Waals surface area contributed by atoms with Gasteiger partial charge in [-0.15, -0.1) is 11.8 Å². The Bertz CT molecular complexity index is 2030. The second-order valence-corrected chi connectivity index (χ2v) is 14.6. The number of hydrogen-bond donors (Lipinski definition) is 2. The van der Waals surface area contributed by atoms with E-state index in [9.17, 15) is 36.7 Å². The molecule has 6 unspecified atom stereocenters. The third-order valence-corrected chi connectivity index (χ3v) is 12.5. The van der Waals surface area contributed by atoms with E-state index >= 15 is 0 Å². The van der Waals surface area contributed by atoms with Gasteiger partial charge < -0.3 is 15.0 Å². The fraction of sp³-hybridized carbons (Fsp3) is 0.294. The molecular weight excluding hydrogens is 671 g/mol. The number of nitrogens with one attached hydrogen (secondary N) is 2. The first-order valence-corrected chi connectivity index (χ1v) is 16.9. The van der Waals surface area contributed by atoms with Crippen molar-refractivity contribution in [3.63, 3.8) is 0 Å². The lowest BCUT2D eigenvalue weighted by atomic mass is 9.68. The van der Waals surface area contributed by atoms with Crippen LogP contribution >= 0.6 is 23.1 Å². The van der Waals surface area contributed by atoms with Gasteiger partial charge in [0.15, 0.2) is 6.61 Å². The van der Waals surface area contributed by atoms with Crippen molar-refractivity contribution in [3.8, 4) is 5.75 Å². The van der Waals surface area contributed by atoms with Gasteiger partial charge in [-0.2, -0.15) is 13.2 Å². The number of para-hydroxylation sites is 2. The van der Waals surface area contributed by atoms with Gasteiger partial charge in [0.2, 0.25) is 11.8 Å². The Morgan fingerprint density at radius 2 is 1.62 bits per heavy atom. The molecular formula is C34H25F4N3O5S2. The first-order valence-electron chi connectivity index (χ1n) is 15.2. The Morgan fingerprint density at radius 3 is 2.38 bits per heavy atom. The number of anilines is 2.